The third-order valence-electron chi connectivity index (χ3n) is 5.33. The predicted molar refractivity (Wildman–Crippen MR) is 100 cm³/mol. The summed E-state index contributed by atoms with van der Waals surface area (Å²) in [7, 11) is 0. The van der Waals surface area contributed by atoms with Crippen molar-refractivity contribution in [2.75, 3.05) is 11.9 Å². The average Bonchev–Trinajstić information content (AvgIpc) is 3.35. The molecule has 1 amide bonds. The fraction of sp³-hybridized carbons (Fsp3) is 0.579. The normalized spacial score (nSPS) is 26.2. The largest absolute Gasteiger partial charge is 0.403 e. The van der Waals surface area contributed by atoms with Crippen molar-refractivity contribution >= 4 is 28.8 Å². The molecule has 3 rings (SSSR count). The zero-order valence-corrected chi connectivity index (χ0v) is 16.6. The Hall–Kier alpha value is -1.74. The number of ether oxygens (including phenoxy) is 1. The van der Waals surface area contributed by atoms with Gasteiger partial charge in [0, 0.05) is 17.7 Å². The van der Waals surface area contributed by atoms with Crippen LogP contribution in [0.2, 0.25) is 0 Å². The molecule has 28 heavy (non-hydrogen) atoms. The first-order valence-electron chi connectivity index (χ1n) is 8.91. The molecule has 9 heteroatoms. The van der Waals surface area contributed by atoms with Gasteiger partial charge in [-0.1, -0.05) is 12.2 Å². The van der Waals surface area contributed by atoms with Crippen molar-refractivity contribution in [3.8, 4) is 0 Å². The Morgan fingerprint density at radius 3 is 2.46 bits per heavy atom. The summed E-state index contributed by atoms with van der Waals surface area (Å²) in [6, 6.07) is 3.74. The lowest BCUT2D eigenvalue weighted by atomic mass is 9.81. The molecule has 1 aliphatic carbocycles. The molecular weight excluding hydrogens is 396 g/mol. The molecule has 154 valence electrons. The fourth-order valence-electron chi connectivity index (χ4n) is 3.75. The van der Waals surface area contributed by atoms with Gasteiger partial charge in [0.1, 0.15) is 16.2 Å². The molecule has 2 aliphatic rings. The standard InChI is InChI=1S/C19H22F4N2O2S/c1-16(2)10-17(3,25-14(28)9-27-16)12-8-11(4-5-13(12)20)24-15(26)18(6-7-18)19(21,22)23/h4-5,8H,6-7,9-10H2,1-3H3,(H,24,26)(H,25,28)/t17-/m0/s1. The summed E-state index contributed by atoms with van der Waals surface area (Å²) in [5.74, 6) is -1.67. The lowest BCUT2D eigenvalue weighted by Crippen LogP contribution is -2.45. The van der Waals surface area contributed by atoms with Crippen molar-refractivity contribution in [3.63, 3.8) is 0 Å². The van der Waals surface area contributed by atoms with Crippen molar-refractivity contribution < 1.29 is 27.1 Å². The number of anilines is 1. The molecule has 1 saturated heterocycles. The molecule has 0 aromatic heterocycles. The summed E-state index contributed by atoms with van der Waals surface area (Å²) in [5, 5.41) is 5.39. The van der Waals surface area contributed by atoms with Crippen LogP contribution in [0.1, 0.15) is 45.6 Å². The minimum absolute atomic E-state index is 0.105. The van der Waals surface area contributed by atoms with Gasteiger partial charge < -0.3 is 15.4 Å². The Kier molecular flexibility index (Phi) is 4.99. The number of halogens is 4. The summed E-state index contributed by atoms with van der Waals surface area (Å²) in [6.45, 7) is 5.64. The lowest BCUT2D eigenvalue weighted by molar-refractivity contribution is -0.189. The van der Waals surface area contributed by atoms with E-state index in [1.165, 1.54) is 12.1 Å². The molecule has 1 saturated carbocycles. The summed E-state index contributed by atoms with van der Waals surface area (Å²) < 4.78 is 59.9. The van der Waals surface area contributed by atoms with Gasteiger partial charge in [-0.25, -0.2) is 4.39 Å². The molecule has 2 fully saturated rings. The third-order valence-corrected chi connectivity index (χ3v) is 5.55. The summed E-state index contributed by atoms with van der Waals surface area (Å²) in [6.07, 6.45) is -4.73. The van der Waals surface area contributed by atoms with Crippen LogP contribution >= 0.6 is 12.2 Å². The zero-order valence-electron chi connectivity index (χ0n) is 15.8. The van der Waals surface area contributed by atoms with E-state index in [2.05, 4.69) is 10.6 Å². The van der Waals surface area contributed by atoms with Crippen molar-refractivity contribution in [2.24, 2.45) is 5.41 Å². The molecule has 2 N–H and O–H groups in total. The van der Waals surface area contributed by atoms with Gasteiger partial charge >= 0.3 is 6.18 Å². The van der Waals surface area contributed by atoms with E-state index in [0.29, 0.717) is 11.4 Å². The minimum Gasteiger partial charge on any atom is -0.368 e. The predicted octanol–water partition coefficient (Wildman–Crippen LogP) is 4.44. The van der Waals surface area contributed by atoms with E-state index in [9.17, 15) is 22.4 Å². The van der Waals surface area contributed by atoms with Gasteiger partial charge in [0.05, 0.1) is 17.7 Å². The lowest BCUT2D eigenvalue weighted by Gasteiger charge is -2.35. The molecule has 0 radical (unpaired) electrons. The quantitative estimate of drug-likeness (QED) is 0.563. The van der Waals surface area contributed by atoms with E-state index in [0.717, 1.165) is 6.07 Å². The van der Waals surface area contributed by atoms with E-state index in [-0.39, 0.29) is 30.7 Å². The number of carbonyl (C=O) groups is 1. The third kappa shape index (κ3) is 3.87. The van der Waals surface area contributed by atoms with Crippen LogP contribution in [0, 0.1) is 11.2 Å². The van der Waals surface area contributed by atoms with Crippen molar-refractivity contribution in [3.05, 3.63) is 29.6 Å². The summed E-state index contributed by atoms with van der Waals surface area (Å²) >= 11 is 5.23. The van der Waals surface area contributed by atoms with Crippen molar-refractivity contribution in [1.29, 1.82) is 0 Å². The average molecular weight is 418 g/mol. The van der Waals surface area contributed by atoms with Crippen LogP contribution < -0.4 is 10.6 Å². The number of thiocarbonyl (C=S) groups is 1. The summed E-state index contributed by atoms with van der Waals surface area (Å²) in [5.41, 5.74) is -3.61. The van der Waals surface area contributed by atoms with E-state index in [1.807, 2.05) is 13.8 Å². The highest BCUT2D eigenvalue weighted by atomic mass is 32.1. The molecule has 0 unspecified atom stereocenters. The highest BCUT2D eigenvalue weighted by molar-refractivity contribution is 7.80. The number of benzene rings is 1. The van der Waals surface area contributed by atoms with E-state index < -0.39 is 34.5 Å². The Labute approximate surface area is 166 Å². The maximum absolute atomic E-state index is 14.7. The van der Waals surface area contributed by atoms with Gasteiger partial charge in [0.15, 0.2) is 0 Å². The highest BCUT2D eigenvalue weighted by Gasteiger charge is 2.68. The van der Waals surface area contributed by atoms with Gasteiger partial charge in [-0.3, -0.25) is 4.79 Å². The monoisotopic (exact) mass is 418 g/mol. The Bertz CT molecular complexity index is 821. The van der Waals surface area contributed by atoms with E-state index in [4.69, 9.17) is 17.0 Å². The van der Waals surface area contributed by atoms with Crippen LogP contribution in [0.25, 0.3) is 0 Å². The number of hydrogen-bond acceptors (Lipinski definition) is 3. The van der Waals surface area contributed by atoms with Gasteiger partial charge in [-0.05, 0) is 51.8 Å². The van der Waals surface area contributed by atoms with E-state index >= 15 is 0 Å². The first kappa shape index (κ1) is 21.0. The Morgan fingerprint density at radius 1 is 1.25 bits per heavy atom. The molecule has 1 heterocycles. The number of nitrogens with one attached hydrogen (secondary N) is 2. The first-order chi connectivity index (χ1) is 12.8. The van der Waals surface area contributed by atoms with Crippen LogP contribution in [-0.4, -0.2) is 29.3 Å². The van der Waals surface area contributed by atoms with Crippen molar-refractivity contribution in [2.45, 2.75) is 57.3 Å². The van der Waals surface area contributed by atoms with Gasteiger partial charge in [-0.15, -0.1) is 0 Å². The second-order valence-corrected chi connectivity index (χ2v) is 8.83. The maximum atomic E-state index is 14.7. The van der Waals surface area contributed by atoms with Gasteiger partial charge in [0.2, 0.25) is 5.91 Å². The number of carbonyl (C=O) groups excluding carboxylic acids is 1. The highest BCUT2D eigenvalue weighted by Crippen LogP contribution is 2.58. The molecule has 4 nitrogen and oxygen atoms in total. The second kappa shape index (κ2) is 6.66. The maximum Gasteiger partial charge on any atom is 0.403 e. The molecule has 1 aliphatic heterocycles. The molecule has 0 bridgehead atoms. The first-order valence-corrected chi connectivity index (χ1v) is 9.32. The second-order valence-electron chi connectivity index (χ2n) is 8.33. The number of hydrogen-bond donors (Lipinski definition) is 2. The number of rotatable bonds is 3. The molecule has 1 aromatic carbocycles. The molecular formula is C19H22F4N2O2S. The zero-order chi connectivity index (χ0) is 21.0. The Balaban J connectivity index is 1.91. The van der Waals surface area contributed by atoms with Crippen LogP contribution in [0.4, 0.5) is 23.2 Å². The minimum atomic E-state index is -4.61. The van der Waals surface area contributed by atoms with Gasteiger partial charge in [0.25, 0.3) is 0 Å². The van der Waals surface area contributed by atoms with Crippen LogP contribution in [0.3, 0.4) is 0 Å². The number of amides is 1. The van der Waals surface area contributed by atoms with Crippen LogP contribution in [0.5, 0.6) is 0 Å². The van der Waals surface area contributed by atoms with Crippen molar-refractivity contribution in [1.82, 2.24) is 5.32 Å². The van der Waals surface area contributed by atoms with Crippen LogP contribution in [0.15, 0.2) is 18.2 Å². The van der Waals surface area contributed by atoms with Crippen LogP contribution in [-0.2, 0) is 15.1 Å². The molecule has 1 atom stereocenters. The molecule has 1 aromatic rings. The smallest absolute Gasteiger partial charge is 0.368 e. The van der Waals surface area contributed by atoms with Gasteiger partial charge in [-0.2, -0.15) is 13.2 Å². The Morgan fingerprint density at radius 2 is 1.89 bits per heavy atom. The summed E-state index contributed by atoms with van der Waals surface area (Å²) in [4.78, 5) is 12.6. The molecule has 0 spiro atoms. The topological polar surface area (TPSA) is 50.4 Å². The fourth-order valence-corrected chi connectivity index (χ4v) is 4.04. The van der Waals surface area contributed by atoms with E-state index in [1.54, 1.807) is 6.92 Å². The number of alkyl halides is 3. The SMILES string of the molecule is CC1(C)C[C@@](C)(c2cc(NC(=O)C3(C(F)(F)F)CC3)ccc2F)NC(=S)CO1.